The van der Waals surface area contributed by atoms with Gasteiger partial charge in [-0.15, -0.1) is 11.3 Å². The summed E-state index contributed by atoms with van der Waals surface area (Å²) in [5.41, 5.74) is 0. The molecule has 0 aliphatic carbocycles. The van der Waals surface area contributed by atoms with Crippen LogP contribution in [0.4, 0.5) is 0 Å². The van der Waals surface area contributed by atoms with Crippen LogP contribution < -0.4 is 0 Å². The zero-order valence-electron chi connectivity index (χ0n) is 11.6. The van der Waals surface area contributed by atoms with Crippen molar-refractivity contribution in [3.63, 3.8) is 0 Å². The molecule has 1 fully saturated rings. The van der Waals surface area contributed by atoms with E-state index in [0.717, 1.165) is 13.2 Å². The van der Waals surface area contributed by atoms with Crippen LogP contribution in [0.3, 0.4) is 0 Å². The van der Waals surface area contributed by atoms with Crippen molar-refractivity contribution < 1.29 is 14.6 Å². The number of nitrogens with zero attached hydrogens (tertiary/aromatic N) is 1. The van der Waals surface area contributed by atoms with Gasteiger partial charge >= 0.3 is 0 Å². The third kappa shape index (κ3) is 4.54. The molecule has 0 radical (unpaired) electrons. The van der Waals surface area contributed by atoms with Gasteiger partial charge in [0.05, 0.1) is 32.5 Å². The van der Waals surface area contributed by atoms with Crippen molar-refractivity contribution in [1.82, 2.24) is 4.90 Å². The van der Waals surface area contributed by atoms with Crippen LogP contribution in [0.25, 0.3) is 0 Å². The maximum atomic E-state index is 10.1. The fraction of sp³-hybridized carbons (Fsp3) is 0.714. The van der Waals surface area contributed by atoms with Gasteiger partial charge in [0.25, 0.3) is 0 Å². The first kappa shape index (κ1) is 14.9. The van der Waals surface area contributed by atoms with E-state index in [-0.39, 0.29) is 0 Å². The van der Waals surface area contributed by atoms with Gasteiger partial charge in [-0.25, -0.2) is 0 Å². The Labute approximate surface area is 118 Å². The molecule has 3 unspecified atom stereocenters. The lowest BCUT2D eigenvalue weighted by molar-refractivity contribution is -0.0660. The predicted molar refractivity (Wildman–Crippen MR) is 76.4 cm³/mol. The van der Waals surface area contributed by atoms with E-state index in [1.165, 1.54) is 4.88 Å². The largest absolute Gasteiger partial charge is 0.389 e. The first-order chi connectivity index (χ1) is 9.16. The molecule has 5 heteroatoms. The number of ether oxygens (including phenoxy) is 2. The van der Waals surface area contributed by atoms with Crippen molar-refractivity contribution in [3.05, 3.63) is 22.4 Å². The number of thiophene rings is 1. The molecule has 19 heavy (non-hydrogen) atoms. The smallest absolute Gasteiger partial charge is 0.0900 e. The predicted octanol–water partition coefficient (Wildman–Crippen LogP) is 1.73. The molecule has 1 saturated heterocycles. The van der Waals surface area contributed by atoms with Gasteiger partial charge in [0.1, 0.15) is 0 Å². The highest BCUT2D eigenvalue weighted by molar-refractivity contribution is 7.09. The fourth-order valence-corrected chi connectivity index (χ4v) is 3.02. The van der Waals surface area contributed by atoms with Crippen molar-refractivity contribution in [3.8, 4) is 0 Å². The number of aliphatic hydroxyl groups excluding tert-OH is 1. The van der Waals surface area contributed by atoms with Crippen molar-refractivity contribution in [1.29, 1.82) is 0 Å². The van der Waals surface area contributed by atoms with Gasteiger partial charge in [-0.3, -0.25) is 4.90 Å². The lowest BCUT2D eigenvalue weighted by Crippen LogP contribution is -2.52. The number of morpholine rings is 1. The second-order valence-electron chi connectivity index (χ2n) is 5.18. The molecule has 1 aliphatic heterocycles. The summed E-state index contributed by atoms with van der Waals surface area (Å²) in [6, 6.07) is 4.77. The zero-order valence-corrected chi connectivity index (χ0v) is 12.4. The lowest BCUT2D eigenvalue weighted by Gasteiger charge is -2.39. The third-order valence-electron chi connectivity index (χ3n) is 3.41. The van der Waals surface area contributed by atoms with Gasteiger partial charge in [0, 0.05) is 23.5 Å². The molecule has 2 heterocycles. The van der Waals surface area contributed by atoms with E-state index in [1.807, 2.05) is 17.5 Å². The first-order valence-corrected chi connectivity index (χ1v) is 7.66. The van der Waals surface area contributed by atoms with Crippen LogP contribution in [0.15, 0.2) is 17.5 Å². The summed E-state index contributed by atoms with van der Waals surface area (Å²) in [7, 11) is 0. The molecule has 2 rings (SSSR count). The molecule has 0 saturated carbocycles. The van der Waals surface area contributed by atoms with Crippen molar-refractivity contribution in [2.24, 2.45) is 0 Å². The molecule has 1 aliphatic rings. The number of hydrogen-bond acceptors (Lipinski definition) is 5. The Morgan fingerprint density at radius 1 is 1.47 bits per heavy atom. The fourth-order valence-electron chi connectivity index (χ4n) is 2.38. The SMILES string of the molecule is CC1COCC(C)N1CC(O)COCc1cccs1. The van der Waals surface area contributed by atoms with Crippen LogP contribution in [0, 0.1) is 0 Å². The van der Waals surface area contributed by atoms with E-state index >= 15 is 0 Å². The first-order valence-electron chi connectivity index (χ1n) is 6.78. The van der Waals surface area contributed by atoms with Gasteiger partial charge in [-0.05, 0) is 25.3 Å². The van der Waals surface area contributed by atoms with Crippen molar-refractivity contribution >= 4 is 11.3 Å². The summed E-state index contributed by atoms with van der Waals surface area (Å²) < 4.78 is 11.0. The summed E-state index contributed by atoms with van der Waals surface area (Å²) in [5.74, 6) is 0. The van der Waals surface area contributed by atoms with E-state index in [9.17, 15) is 5.11 Å². The number of β-amino-alcohol motifs (C(OH)–C–C–N with tert-alkyl or cyclic N) is 1. The minimum atomic E-state index is -0.442. The second kappa shape index (κ2) is 7.36. The molecule has 0 bridgehead atoms. The zero-order chi connectivity index (χ0) is 13.7. The highest BCUT2D eigenvalue weighted by Gasteiger charge is 2.26. The van der Waals surface area contributed by atoms with Crippen molar-refractivity contribution in [2.45, 2.75) is 38.6 Å². The Morgan fingerprint density at radius 3 is 2.84 bits per heavy atom. The van der Waals surface area contributed by atoms with Crippen LogP contribution >= 0.6 is 11.3 Å². The normalized spacial score (nSPS) is 26.5. The molecular formula is C14H23NO3S. The lowest BCUT2D eigenvalue weighted by atomic mass is 10.1. The molecule has 108 valence electrons. The summed E-state index contributed by atoms with van der Waals surface area (Å²) in [4.78, 5) is 3.49. The topological polar surface area (TPSA) is 41.9 Å². The number of aliphatic hydroxyl groups is 1. The van der Waals surface area contributed by atoms with E-state index in [0.29, 0.717) is 31.8 Å². The van der Waals surface area contributed by atoms with Crippen LogP contribution in [-0.2, 0) is 16.1 Å². The molecule has 1 aromatic rings. The number of rotatable bonds is 6. The van der Waals surface area contributed by atoms with E-state index < -0.39 is 6.10 Å². The molecule has 0 amide bonds. The number of hydrogen-bond donors (Lipinski definition) is 1. The quantitative estimate of drug-likeness (QED) is 0.864. The maximum absolute atomic E-state index is 10.1. The van der Waals surface area contributed by atoms with E-state index in [1.54, 1.807) is 11.3 Å². The monoisotopic (exact) mass is 285 g/mol. The van der Waals surface area contributed by atoms with Crippen LogP contribution in [-0.4, -0.2) is 54.6 Å². The Kier molecular flexibility index (Phi) is 5.78. The third-order valence-corrected chi connectivity index (χ3v) is 4.26. The van der Waals surface area contributed by atoms with Crippen molar-refractivity contribution in [2.75, 3.05) is 26.4 Å². The molecule has 1 N–H and O–H groups in total. The molecular weight excluding hydrogens is 262 g/mol. The molecule has 3 atom stereocenters. The molecule has 4 nitrogen and oxygen atoms in total. The molecule has 1 aromatic heterocycles. The Morgan fingerprint density at radius 2 is 2.21 bits per heavy atom. The van der Waals surface area contributed by atoms with Gasteiger partial charge in [0.15, 0.2) is 0 Å². The maximum Gasteiger partial charge on any atom is 0.0900 e. The summed E-state index contributed by atoms with van der Waals surface area (Å²) in [6.45, 7) is 7.37. The van der Waals surface area contributed by atoms with Crippen LogP contribution in [0.1, 0.15) is 18.7 Å². The standard InChI is InChI=1S/C14H23NO3S/c1-11-7-17-8-12(2)15(11)6-13(16)9-18-10-14-4-3-5-19-14/h3-5,11-13,16H,6-10H2,1-2H3. The summed E-state index contributed by atoms with van der Waals surface area (Å²) in [6.07, 6.45) is -0.442. The van der Waals surface area contributed by atoms with Gasteiger partial charge < -0.3 is 14.6 Å². The highest BCUT2D eigenvalue weighted by Crippen LogP contribution is 2.14. The highest BCUT2D eigenvalue weighted by atomic mass is 32.1. The van der Waals surface area contributed by atoms with E-state index in [4.69, 9.17) is 9.47 Å². The molecule has 0 spiro atoms. The van der Waals surface area contributed by atoms with Gasteiger partial charge in [-0.2, -0.15) is 0 Å². The van der Waals surface area contributed by atoms with E-state index in [2.05, 4.69) is 18.7 Å². The van der Waals surface area contributed by atoms with Gasteiger partial charge in [0.2, 0.25) is 0 Å². The summed E-state index contributed by atoms with van der Waals surface area (Å²) >= 11 is 1.68. The average Bonchev–Trinajstić information content (AvgIpc) is 2.87. The second-order valence-corrected chi connectivity index (χ2v) is 6.21. The minimum absolute atomic E-state index is 0.357. The Hall–Kier alpha value is -0.460. The average molecular weight is 285 g/mol. The Bertz CT molecular complexity index is 348. The molecule has 0 aromatic carbocycles. The summed E-state index contributed by atoms with van der Waals surface area (Å²) in [5, 5.41) is 12.1. The minimum Gasteiger partial charge on any atom is -0.389 e. The van der Waals surface area contributed by atoms with Crippen LogP contribution in [0.5, 0.6) is 0 Å². The van der Waals surface area contributed by atoms with Gasteiger partial charge in [-0.1, -0.05) is 6.07 Å². The Balaban J connectivity index is 1.69. The van der Waals surface area contributed by atoms with Crippen LogP contribution in [0.2, 0.25) is 0 Å².